The topological polar surface area (TPSA) is 99.1 Å². The second-order valence-corrected chi connectivity index (χ2v) is 17.0. The van der Waals surface area contributed by atoms with Crippen LogP contribution in [0.2, 0.25) is 0 Å². The van der Waals surface area contributed by atoms with Crippen LogP contribution in [0.15, 0.2) is 97.2 Å². The molecular weight excluding hydrogens is 775 g/mol. The van der Waals surface area contributed by atoms with E-state index < -0.39 is 18.1 Å². The highest BCUT2D eigenvalue weighted by Gasteiger charge is 2.31. The summed E-state index contributed by atoms with van der Waals surface area (Å²) in [5.41, 5.74) is 0. The zero-order valence-corrected chi connectivity index (χ0v) is 40.0. The fourth-order valence-electron chi connectivity index (χ4n) is 6.59. The molecule has 62 heavy (non-hydrogen) atoms. The molecule has 0 aromatic carbocycles. The maximum Gasteiger partial charge on any atom is 0.362 e. The third kappa shape index (κ3) is 41.6. The number of likely N-dealkylation sites (N-methyl/N-ethyl adjacent to an activating group) is 1. The molecule has 0 amide bonds. The van der Waals surface area contributed by atoms with Gasteiger partial charge in [0, 0.05) is 19.3 Å². The number of hydrogen-bond donors (Lipinski definition) is 1. The van der Waals surface area contributed by atoms with Gasteiger partial charge in [0.25, 0.3) is 0 Å². The molecule has 8 heteroatoms. The second-order valence-electron chi connectivity index (χ2n) is 17.0. The summed E-state index contributed by atoms with van der Waals surface area (Å²) in [4.78, 5) is 37.1. The fourth-order valence-corrected chi connectivity index (χ4v) is 6.59. The monoisotopic (exact) mass is 865 g/mol. The van der Waals surface area contributed by atoms with E-state index in [9.17, 15) is 19.5 Å². The first-order valence-corrected chi connectivity index (χ1v) is 24.3. The van der Waals surface area contributed by atoms with Crippen molar-refractivity contribution in [1.29, 1.82) is 0 Å². The van der Waals surface area contributed by atoms with E-state index in [-0.39, 0.29) is 36.2 Å². The summed E-state index contributed by atoms with van der Waals surface area (Å²) < 4.78 is 17.3. The van der Waals surface area contributed by atoms with Crippen molar-refractivity contribution in [1.82, 2.24) is 0 Å². The summed E-state index contributed by atoms with van der Waals surface area (Å²) in [6, 6.07) is -0.624. The van der Waals surface area contributed by atoms with Gasteiger partial charge in [-0.15, -0.1) is 0 Å². The van der Waals surface area contributed by atoms with Crippen LogP contribution < -0.4 is 0 Å². The molecule has 0 saturated heterocycles. The Morgan fingerprint density at radius 2 is 0.935 bits per heavy atom. The van der Waals surface area contributed by atoms with Crippen molar-refractivity contribution in [2.75, 3.05) is 41.0 Å². The number of allylic oxidation sites excluding steroid dienone is 16. The quantitative estimate of drug-likeness (QED) is 0.0214. The number of quaternary nitrogens is 1. The van der Waals surface area contributed by atoms with Crippen LogP contribution in [-0.2, 0) is 28.6 Å². The number of rotatable bonds is 42. The van der Waals surface area contributed by atoms with Gasteiger partial charge in [-0.1, -0.05) is 175 Å². The van der Waals surface area contributed by atoms with Crippen LogP contribution in [0.5, 0.6) is 0 Å². The van der Waals surface area contributed by atoms with E-state index in [1.54, 1.807) is 0 Å². The van der Waals surface area contributed by atoms with Gasteiger partial charge in [0.05, 0.1) is 34.4 Å². The van der Waals surface area contributed by atoms with Crippen molar-refractivity contribution in [3.63, 3.8) is 0 Å². The lowest BCUT2D eigenvalue weighted by atomic mass is 10.1. The Morgan fingerprint density at radius 1 is 0.500 bits per heavy atom. The molecule has 8 nitrogen and oxygen atoms in total. The summed E-state index contributed by atoms with van der Waals surface area (Å²) in [7, 11) is 5.51. The van der Waals surface area contributed by atoms with Gasteiger partial charge < -0.3 is 23.8 Å². The molecule has 0 rings (SSSR count). The molecule has 0 aliphatic carbocycles. The number of carbonyl (C=O) groups is 3. The summed E-state index contributed by atoms with van der Waals surface area (Å²) in [6.45, 7) is 4.46. The minimum atomic E-state index is -0.883. The van der Waals surface area contributed by atoms with Gasteiger partial charge in [-0.3, -0.25) is 9.59 Å². The maximum absolute atomic E-state index is 12.8. The van der Waals surface area contributed by atoms with E-state index in [1.165, 1.54) is 44.9 Å². The van der Waals surface area contributed by atoms with Gasteiger partial charge in [-0.05, 0) is 77.0 Å². The van der Waals surface area contributed by atoms with Gasteiger partial charge in [0.2, 0.25) is 0 Å². The second kappa shape index (κ2) is 43.9. The number of aliphatic carboxylic acids is 1. The predicted octanol–water partition coefficient (Wildman–Crippen LogP) is 13.9. The van der Waals surface area contributed by atoms with Gasteiger partial charge in [-0.2, -0.15) is 0 Å². The lowest BCUT2D eigenvalue weighted by Crippen LogP contribution is -2.50. The number of carbonyl (C=O) groups excluding carboxylic acids is 2. The molecule has 0 aromatic rings. The van der Waals surface area contributed by atoms with Crippen LogP contribution in [-0.4, -0.2) is 80.6 Å². The molecule has 0 fully saturated rings. The SMILES string of the molecule is CC/C=C/C=C/C=C/CCCCCCCCCC(=O)OC(COCCC(C(=O)O)[N+](C)(C)C)COC(=O)CCCCCCCCC/C=C/C/C=C/C/C=C/C/C=C/C/C=C/CC. The zero-order valence-electron chi connectivity index (χ0n) is 40.0. The summed E-state index contributed by atoms with van der Waals surface area (Å²) in [5.74, 6) is -1.51. The number of esters is 2. The average Bonchev–Trinajstić information content (AvgIpc) is 3.23. The number of hydrogen-bond acceptors (Lipinski definition) is 6. The van der Waals surface area contributed by atoms with Crippen LogP contribution in [0.3, 0.4) is 0 Å². The van der Waals surface area contributed by atoms with Crippen molar-refractivity contribution >= 4 is 17.9 Å². The molecule has 2 unspecified atom stereocenters. The molecule has 0 aromatic heterocycles. The smallest absolute Gasteiger partial charge is 0.362 e. The Morgan fingerprint density at radius 3 is 1.44 bits per heavy atom. The highest BCUT2D eigenvalue weighted by Crippen LogP contribution is 2.14. The summed E-state index contributed by atoms with van der Waals surface area (Å²) in [6.07, 6.45) is 58.8. The number of carboxylic acid groups (broad SMARTS) is 1. The van der Waals surface area contributed by atoms with Gasteiger partial charge >= 0.3 is 17.9 Å². The van der Waals surface area contributed by atoms with E-state index in [1.807, 2.05) is 21.1 Å². The van der Waals surface area contributed by atoms with Crippen LogP contribution in [0.1, 0.15) is 174 Å². The van der Waals surface area contributed by atoms with Crippen molar-refractivity contribution in [3.05, 3.63) is 97.2 Å². The van der Waals surface area contributed by atoms with Crippen LogP contribution in [0.25, 0.3) is 0 Å². The molecule has 0 radical (unpaired) electrons. The zero-order chi connectivity index (χ0) is 45.6. The summed E-state index contributed by atoms with van der Waals surface area (Å²) >= 11 is 0. The van der Waals surface area contributed by atoms with Crippen LogP contribution >= 0.6 is 0 Å². The highest BCUT2D eigenvalue weighted by molar-refractivity contribution is 5.72. The molecule has 0 aliphatic heterocycles. The Hall–Kier alpha value is -3.75. The first-order valence-electron chi connectivity index (χ1n) is 24.3. The standard InChI is InChI=1S/C54H89NO7/c1-6-8-10-12-14-16-18-20-22-23-24-25-26-27-28-29-31-32-34-36-38-40-42-44-52(56)61-49-50(48-60-47-46-51(54(58)59)55(3,4)5)62-53(57)45-43-41-39-37-35-33-30-21-19-17-15-13-11-9-7-2/h8-11,13-17,19-20,22,24-25,27-28,50-51H,6-7,12,18,21,23,26,29-49H2,1-5H3/p+1/b10-8+,11-9+,15-13+,16-14+,19-17+,22-20+,25-24+,28-27+. The molecule has 0 heterocycles. The third-order valence-corrected chi connectivity index (χ3v) is 10.3. The Labute approximate surface area is 379 Å². The Balaban J connectivity index is 4.30. The fraction of sp³-hybridized carbons (Fsp3) is 0.648. The van der Waals surface area contributed by atoms with E-state index in [0.717, 1.165) is 96.3 Å². The first-order chi connectivity index (χ1) is 30.1. The molecule has 2 atom stereocenters. The number of nitrogens with zero attached hydrogens (tertiary/aromatic N) is 1. The minimum Gasteiger partial charge on any atom is -0.477 e. The molecule has 0 saturated carbocycles. The van der Waals surface area contributed by atoms with Gasteiger partial charge in [0.1, 0.15) is 6.61 Å². The Kier molecular flexibility index (Phi) is 41.2. The minimum absolute atomic E-state index is 0.0466. The van der Waals surface area contributed by atoms with Crippen molar-refractivity contribution in [3.8, 4) is 0 Å². The van der Waals surface area contributed by atoms with Crippen molar-refractivity contribution in [2.45, 2.75) is 187 Å². The Bertz CT molecular complexity index is 1330. The third-order valence-electron chi connectivity index (χ3n) is 10.3. The van der Waals surface area contributed by atoms with Gasteiger partial charge in [-0.25, -0.2) is 4.79 Å². The number of carboxylic acids is 1. The van der Waals surface area contributed by atoms with Gasteiger partial charge in [0.15, 0.2) is 12.1 Å². The molecule has 1 N–H and O–H groups in total. The molecule has 0 spiro atoms. The van der Waals surface area contributed by atoms with E-state index in [4.69, 9.17) is 14.2 Å². The largest absolute Gasteiger partial charge is 0.477 e. The molecule has 0 aliphatic rings. The van der Waals surface area contributed by atoms with Crippen molar-refractivity contribution in [2.24, 2.45) is 0 Å². The summed E-state index contributed by atoms with van der Waals surface area (Å²) in [5, 5.41) is 9.64. The predicted molar refractivity (Wildman–Crippen MR) is 261 cm³/mol. The number of unbranched alkanes of at least 4 members (excludes halogenated alkanes) is 14. The normalized spacial score (nSPS) is 13.8. The molecule has 352 valence electrons. The van der Waals surface area contributed by atoms with Crippen LogP contribution in [0.4, 0.5) is 0 Å². The van der Waals surface area contributed by atoms with Crippen molar-refractivity contribution < 1.29 is 38.2 Å². The van der Waals surface area contributed by atoms with E-state index in [2.05, 4.69) is 111 Å². The number of ether oxygens (including phenoxy) is 3. The lowest BCUT2D eigenvalue weighted by molar-refractivity contribution is -0.887. The molecular formula is C54H90NO7+. The van der Waals surface area contributed by atoms with E-state index in [0.29, 0.717) is 19.3 Å². The van der Waals surface area contributed by atoms with E-state index >= 15 is 0 Å². The van der Waals surface area contributed by atoms with Crippen LogP contribution in [0, 0.1) is 0 Å². The first kappa shape index (κ1) is 58.2. The highest BCUT2D eigenvalue weighted by atomic mass is 16.6. The lowest BCUT2D eigenvalue weighted by Gasteiger charge is -2.31. The average molecular weight is 865 g/mol. The maximum atomic E-state index is 12.8. The molecule has 0 bridgehead atoms.